The topological polar surface area (TPSA) is 74.6 Å². The number of halogens is 6. The van der Waals surface area contributed by atoms with Gasteiger partial charge in [-0.1, -0.05) is 0 Å². The van der Waals surface area contributed by atoms with E-state index in [1.165, 1.54) is 13.8 Å². The Morgan fingerprint density at radius 2 is 1.07 bits per heavy atom. The van der Waals surface area contributed by atoms with Gasteiger partial charge in [-0.05, 0) is 26.0 Å². The number of thiophene rings is 2. The average molecular weight is 456 g/mol. The Morgan fingerprint density at radius 1 is 0.759 bits per heavy atom. The maximum absolute atomic E-state index is 14.7. The van der Waals surface area contributed by atoms with Crippen molar-refractivity contribution in [1.29, 1.82) is 0 Å². The summed E-state index contributed by atoms with van der Waals surface area (Å²) in [6.45, 7) is 2.59. The van der Waals surface area contributed by atoms with Crippen molar-refractivity contribution < 1.29 is 46.1 Å². The van der Waals surface area contributed by atoms with Crippen LogP contribution in [0.4, 0.5) is 26.3 Å². The molecular formula is C17H10F6O4S2. The SMILES string of the molecule is Cc1cc(C2=C(c3cc(C)sc3C(=O)O)C(F)(F)C(F)(F)C2(F)F)c(C(=O)O)s1. The number of aryl methyl sites for hydroxylation is 2. The van der Waals surface area contributed by atoms with Crippen LogP contribution in [0.3, 0.4) is 0 Å². The number of alkyl halides is 6. The van der Waals surface area contributed by atoms with Crippen molar-refractivity contribution in [3.8, 4) is 0 Å². The first-order chi connectivity index (χ1) is 13.1. The van der Waals surface area contributed by atoms with Gasteiger partial charge < -0.3 is 10.2 Å². The quantitative estimate of drug-likeness (QED) is 0.583. The Morgan fingerprint density at radius 3 is 1.34 bits per heavy atom. The largest absolute Gasteiger partial charge is 0.477 e. The molecule has 12 heteroatoms. The smallest absolute Gasteiger partial charge is 0.380 e. The number of allylic oxidation sites excluding steroid dienone is 2. The van der Waals surface area contributed by atoms with Crippen LogP contribution in [-0.4, -0.2) is 39.9 Å². The summed E-state index contributed by atoms with van der Waals surface area (Å²) in [6, 6.07) is 1.60. The zero-order valence-corrected chi connectivity index (χ0v) is 16.1. The van der Waals surface area contributed by atoms with Gasteiger partial charge in [-0.2, -0.15) is 26.3 Å². The minimum absolute atomic E-state index is 0.110. The Balaban J connectivity index is 2.53. The predicted octanol–water partition coefficient (Wildman–Crippen LogP) is 5.65. The molecule has 0 saturated carbocycles. The van der Waals surface area contributed by atoms with E-state index in [1.807, 2.05) is 0 Å². The molecule has 0 fully saturated rings. The van der Waals surface area contributed by atoms with Crippen molar-refractivity contribution in [2.75, 3.05) is 0 Å². The van der Waals surface area contributed by atoms with Crippen LogP contribution in [0.2, 0.25) is 0 Å². The van der Waals surface area contributed by atoms with Gasteiger partial charge in [-0.3, -0.25) is 0 Å². The molecule has 0 radical (unpaired) electrons. The first-order valence-corrected chi connectivity index (χ1v) is 9.34. The molecule has 2 aromatic rings. The molecule has 0 aliphatic heterocycles. The zero-order valence-electron chi connectivity index (χ0n) is 14.4. The fraction of sp³-hybridized carbons (Fsp3) is 0.294. The van der Waals surface area contributed by atoms with Crippen molar-refractivity contribution in [2.45, 2.75) is 31.6 Å². The molecule has 0 aromatic carbocycles. The number of carboxylic acids is 2. The summed E-state index contributed by atoms with van der Waals surface area (Å²) in [5, 5.41) is 18.5. The lowest BCUT2D eigenvalue weighted by Crippen LogP contribution is -2.49. The van der Waals surface area contributed by atoms with Crippen LogP contribution >= 0.6 is 22.7 Å². The summed E-state index contributed by atoms with van der Waals surface area (Å²) < 4.78 is 87.1. The first kappa shape index (κ1) is 21.4. The van der Waals surface area contributed by atoms with Crippen molar-refractivity contribution >= 4 is 45.8 Å². The maximum Gasteiger partial charge on any atom is 0.380 e. The van der Waals surface area contributed by atoms with Gasteiger partial charge in [0.05, 0.1) is 0 Å². The number of aromatic carboxylic acids is 2. The Bertz CT molecular complexity index is 998. The molecule has 0 spiro atoms. The normalized spacial score (nSPS) is 19.6. The van der Waals surface area contributed by atoms with E-state index in [4.69, 9.17) is 0 Å². The molecule has 156 valence electrons. The van der Waals surface area contributed by atoms with E-state index in [1.54, 1.807) is 0 Å². The lowest BCUT2D eigenvalue weighted by molar-refractivity contribution is -0.254. The third kappa shape index (κ3) is 2.80. The molecule has 0 saturated heterocycles. The first-order valence-electron chi connectivity index (χ1n) is 7.71. The van der Waals surface area contributed by atoms with Crippen molar-refractivity contribution in [1.82, 2.24) is 0 Å². The number of carboxylic acid groups (broad SMARTS) is 2. The van der Waals surface area contributed by atoms with Crippen LogP contribution < -0.4 is 0 Å². The minimum Gasteiger partial charge on any atom is -0.477 e. The second-order valence-electron chi connectivity index (χ2n) is 6.28. The van der Waals surface area contributed by atoms with Crippen molar-refractivity contribution in [2.24, 2.45) is 0 Å². The van der Waals surface area contributed by atoms with E-state index in [-0.39, 0.29) is 9.75 Å². The minimum atomic E-state index is -5.90. The lowest BCUT2D eigenvalue weighted by atomic mass is 9.94. The van der Waals surface area contributed by atoms with Gasteiger partial charge in [0.2, 0.25) is 0 Å². The number of rotatable bonds is 4. The molecule has 1 aliphatic carbocycles. The monoisotopic (exact) mass is 456 g/mol. The summed E-state index contributed by atoms with van der Waals surface area (Å²) in [6.07, 6.45) is 0. The lowest BCUT2D eigenvalue weighted by Gasteiger charge is -2.25. The van der Waals surface area contributed by atoms with Gasteiger partial charge >= 0.3 is 29.7 Å². The molecule has 0 atom stereocenters. The highest BCUT2D eigenvalue weighted by atomic mass is 32.1. The standard InChI is InChI=1S/C17H10F6O4S2/c1-5-3-7(11(28-5)13(24)25)9-10(8-4-6(2)29-12(8)14(26)27)16(20,21)17(22,23)15(9,18)19/h3-4H,1-2H3,(H,24,25)(H,26,27). The van der Waals surface area contributed by atoms with Crippen LogP contribution in [-0.2, 0) is 0 Å². The summed E-state index contributed by atoms with van der Waals surface area (Å²) in [5.74, 6) is -20.3. The third-order valence-corrected chi connectivity index (χ3v) is 6.38. The predicted molar refractivity (Wildman–Crippen MR) is 93.7 cm³/mol. The van der Waals surface area contributed by atoms with E-state index >= 15 is 0 Å². The highest BCUT2D eigenvalue weighted by Crippen LogP contribution is 2.65. The maximum atomic E-state index is 14.7. The van der Waals surface area contributed by atoms with Crippen LogP contribution in [0, 0.1) is 13.8 Å². The summed E-state index contributed by atoms with van der Waals surface area (Å²) in [7, 11) is 0. The fourth-order valence-electron chi connectivity index (χ4n) is 3.15. The van der Waals surface area contributed by atoms with Gasteiger partial charge in [0.15, 0.2) is 0 Å². The molecule has 3 rings (SSSR count). The molecule has 2 heterocycles. The third-order valence-electron chi connectivity index (χ3n) is 4.30. The van der Waals surface area contributed by atoms with Gasteiger partial charge in [0.1, 0.15) is 9.75 Å². The highest BCUT2D eigenvalue weighted by Gasteiger charge is 2.80. The van der Waals surface area contributed by atoms with Gasteiger partial charge in [0.25, 0.3) is 0 Å². The van der Waals surface area contributed by atoms with E-state index < -0.39 is 61.7 Å². The molecule has 2 N–H and O–H groups in total. The summed E-state index contributed by atoms with van der Waals surface area (Å²) in [4.78, 5) is 21.4. The van der Waals surface area contributed by atoms with Gasteiger partial charge in [0, 0.05) is 32.0 Å². The van der Waals surface area contributed by atoms with E-state index in [0.29, 0.717) is 22.7 Å². The van der Waals surface area contributed by atoms with Crippen molar-refractivity contribution in [3.63, 3.8) is 0 Å². The zero-order chi connectivity index (χ0) is 22.1. The summed E-state index contributed by atoms with van der Waals surface area (Å²) in [5.41, 5.74) is -5.74. The van der Waals surface area contributed by atoms with E-state index in [9.17, 15) is 46.1 Å². The Hall–Kier alpha value is -2.34. The second kappa shape index (κ2) is 6.33. The fourth-order valence-corrected chi connectivity index (χ4v) is 4.86. The van der Waals surface area contributed by atoms with Gasteiger partial charge in [-0.15, -0.1) is 22.7 Å². The molecular weight excluding hydrogens is 446 g/mol. The Labute approximate surface area is 166 Å². The van der Waals surface area contributed by atoms with E-state index in [0.717, 1.165) is 12.1 Å². The van der Waals surface area contributed by atoms with Crippen molar-refractivity contribution in [3.05, 3.63) is 42.8 Å². The van der Waals surface area contributed by atoms with Gasteiger partial charge in [-0.25, -0.2) is 9.59 Å². The van der Waals surface area contributed by atoms with Crippen LogP contribution in [0.5, 0.6) is 0 Å². The van der Waals surface area contributed by atoms with Crippen LogP contribution in [0.25, 0.3) is 11.1 Å². The van der Waals surface area contributed by atoms with Crippen LogP contribution in [0.1, 0.15) is 40.2 Å². The number of carbonyl (C=O) groups is 2. The van der Waals surface area contributed by atoms with E-state index in [2.05, 4.69) is 0 Å². The average Bonchev–Trinajstić information content (AvgIpc) is 3.16. The molecule has 0 unspecified atom stereocenters. The van der Waals surface area contributed by atoms with Crippen LogP contribution in [0.15, 0.2) is 12.1 Å². The number of hydrogen-bond donors (Lipinski definition) is 2. The molecule has 29 heavy (non-hydrogen) atoms. The Kier molecular flexibility index (Phi) is 4.66. The summed E-state index contributed by atoms with van der Waals surface area (Å²) >= 11 is 0.905. The second-order valence-corrected chi connectivity index (χ2v) is 8.80. The highest BCUT2D eigenvalue weighted by molar-refractivity contribution is 7.14. The molecule has 1 aliphatic rings. The number of hydrogen-bond acceptors (Lipinski definition) is 4. The molecule has 0 bridgehead atoms. The molecule has 0 amide bonds. The molecule has 4 nitrogen and oxygen atoms in total. The molecule has 2 aromatic heterocycles.